The highest BCUT2D eigenvalue weighted by molar-refractivity contribution is 5.89. The number of hydrogen-bond donors (Lipinski definition) is 2. The average molecular weight is 347 g/mol. The fraction of sp³-hybridized carbons (Fsp3) is 0.421. The van der Waals surface area contributed by atoms with E-state index < -0.39 is 12.1 Å². The van der Waals surface area contributed by atoms with Crippen LogP contribution < -0.4 is 9.47 Å². The minimum Gasteiger partial charge on any atom is -0.493 e. The summed E-state index contributed by atoms with van der Waals surface area (Å²) in [5.41, 5.74) is 4.35. The molecule has 1 aromatic heterocycles. The molecule has 1 heterocycles. The molecule has 1 aromatic carbocycles. The molecule has 0 fully saturated rings. The molecule has 0 radical (unpaired) electrons. The number of carbonyl (C=O) groups is 1. The van der Waals surface area contributed by atoms with Crippen LogP contribution in [0, 0.1) is 20.8 Å². The van der Waals surface area contributed by atoms with Crippen LogP contribution in [0.25, 0.3) is 0 Å². The number of hydrogen-bond acceptors (Lipinski definition) is 5. The van der Waals surface area contributed by atoms with Crippen molar-refractivity contribution in [1.82, 2.24) is 4.98 Å². The van der Waals surface area contributed by atoms with E-state index in [0.29, 0.717) is 22.8 Å². The Morgan fingerprint density at radius 2 is 1.76 bits per heavy atom. The van der Waals surface area contributed by atoms with Crippen LogP contribution in [0.5, 0.6) is 11.5 Å². The zero-order valence-corrected chi connectivity index (χ0v) is 15.5. The Bertz CT molecular complexity index is 777. The van der Waals surface area contributed by atoms with E-state index in [1.165, 1.54) is 0 Å². The van der Waals surface area contributed by atoms with Crippen molar-refractivity contribution in [3.05, 3.63) is 45.8 Å². The molecule has 0 aliphatic carbocycles. The van der Waals surface area contributed by atoms with E-state index >= 15 is 0 Å². The number of H-pyrrole nitrogens is 1. The van der Waals surface area contributed by atoms with Crippen molar-refractivity contribution in [1.29, 1.82) is 0 Å². The van der Waals surface area contributed by atoms with E-state index in [4.69, 9.17) is 14.2 Å². The monoisotopic (exact) mass is 347 g/mol. The van der Waals surface area contributed by atoms with Gasteiger partial charge < -0.3 is 24.3 Å². The lowest BCUT2D eigenvalue weighted by molar-refractivity contribution is 0.0464. The summed E-state index contributed by atoms with van der Waals surface area (Å²) in [4.78, 5) is 15.4. The number of aliphatic hydroxyl groups excluding tert-OH is 1. The van der Waals surface area contributed by atoms with Crippen LogP contribution in [0.4, 0.5) is 0 Å². The molecule has 2 aromatic rings. The van der Waals surface area contributed by atoms with Gasteiger partial charge in [-0.05, 0) is 56.5 Å². The average Bonchev–Trinajstić information content (AvgIpc) is 2.87. The first-order chi connectivity index (χ1) is 11.8. The highest BCUT2D eigenvalue weighted by atomic mass is 16.5. The van der Waals surface area contributed by atoms with Gasteiger partial charge in [0.2, 0.25) is 0 Å². The predicted octanol–water partition coefficient (Wildman–Crippen LogP) is 3.37. The van der Waals surface area contributed by atoms with Crippen molar-refractivity contribution in [3.63, 3.8) is 0 Å². The number of esters is 1. The Morgan fingerprint density at radius 3 is 2.28 bits per heavy atom. The van der Waals surface area contributed by atoms with E-state index in [9.17, 15) is 9.90 Å². The summed E-state index contributed by atoms with van der Waals surface area (Å²) in [5.74, 6) is 0.761. The molecule has 0 unspecified atom stereocenters. The van der Waals surface area contributed by atoms with Gasteiger partial charge in [-0.2, -0.15) is 0 Å². The molecule has 0 bridgehead atoms. The molecule has 0 amide bonds. The van der Waals surface area contributed by atoms with Gasteiger partial charge in [0.1, 0.15) is 12.3 Å². The molecule has 0 saturated heterocycles. The van der Waals surface area contributed by atoms with Crippen molar-refractivity contribution < 1.29 is 24.1 Å². The number of benzene rings is 1. The molecule has 2 N–H and O–H groups in total. The van der Waals surface area contributed by atoms with E-state index in [1.54, 1.807) is 34.1 Å². The number of aliphatic hydroxyl groups is 1. The summed E-state index contributed by atoms with van der Waals surface area (Å²) in [6.07, 6.45) is -0.647. The lowest BCUT2D eigenvalue weighted by Gasteiger charge is -2.13. The second-order valence-corrected chi connectivity index (χ2v) is 6.05. The molecule has 0 spiro atoms. The number of methoxy groups -OCH3 is 2. The van der Waals surface area contributed by atoms with Gasteiger partial charge in [-0.1, -0.05) is 0 Å². The van der Waals surface area contributed by atoms with E-state index in [0.717, 1.165) is 22.4 Å². The Balaban J connectivity index is 2.20. The highest BCUT2D eigenvalue weighted by Gasteiger charge is 2.21. The van der Waals surface area contributed by atoms with Crippen molar-refractivity contribution in [3.8, 4) is 11.5 Å². The Hall–Kier alpha value is -2.47. The van der Waals surface area contributed by atoms with Gasteiger partial charge in [-0.3, -0.25) is 0 Å². The van der Waals surface area contributed by atoms with E-state index in [1.807, 2.05) is 19.9 Å². The van der Waals surface area contributed by atoms with Crippen LogP contribution in [0.1, 0.15) is 51.5 Å². The van der Waals surface area contributed by atoms with Gasteiger partial charge in [0.15, 0.2) is 11.5 Å². The number of aromatic nitrogens is 1. The van der Waals surface area contributed by atoms with Gasteiger partial charge >= 0.3 is 5.97 Å². The number of aryl methyl sites for hydroxylation is 2. The first kappa shape index (κ1) is 18.9. The predicted molar refractivity (Wildman–Crippen MR) is 94.3 cm³/mol. The lowest BCUT2D eigenvalue weighted by Crippen LogP contribution is -2.08. The van der Waals surface area contributed by atoms with E-state index in [2.05, 4.69) is 4.98 Å². The Labute approximate surface area is 147 Å². The van der Waals surface area contributed by atoms with Gasteiger partial charge in [-0.15, -0.1) is 0 Å². The second kappa shape index (κ2) is 7.61. The largest absolute Gasteiger partial charge is 0.493 e. The molecule has 6 heteroatoms. The summed E-state index contributed by atoms with van der Waals surface area (Å²) < 4.78 is 16.0. The smallest absolute Gasteiger partial charge is 0.355 e. The summed E-state index contributed by atoms with van der Waals surface area (Å²) in [6.45, 7) is 7.33. The molecule has 6 nitrogen and oxygen atoms in total. The molecule has 0 aliphatic heterocycles. The summed E-state index contributed by atoms with van der Waals surface area (Å²) in [5, 5.41) is 9.83. The zero-order valence-electron chi connectivity index (χ0n) is 15.5. The molecule has 25 heavy (non-hydrogen) atoms. The molecular weight excluding hydrogens is 322 g/mol. The molecule has 0 aliphatic rings. The molecule has 136 valence electrons. The van der Waals surface area contributed by atoms with Crippen LogP contribution >= 0.6 is 0 Å². The van der Waals surface area contributed by atoms with Gasteiger partial charge in [0.25, 0.3) is 0 Å². The number of ether oxygens (including phenoxy) is 3. The van der Waals surface area contributed by atoms with Crippen molar-refractivity contribution >= 4 is 5.97 Å². The third-order valence-corrected chi connectivity index (χ3v) is 4.32. The van der Waals surface area contributed by atoms with Gasteiger partial charge in [0.05, 0.1) is 20.3 Å². The first-order valence-electron chi connectivity index (χ1n) is 8.05. The van der Waals surface area contributed by atoms with Crippen LogP contribution in [-0.4, -0.2) is 30.3 Å². The van der Waals surface area contributed by atoms with Gasteiger partial charge in [0, 0.05) is 11.3 Å². The molecular formula is C19H25NO5. The first-order valence-corrected chi connectivity index (χ1v) is 8.05. The Kier molecular flexibility index (Phi) is 5.74. The zero-order chi connectivity index (χ0) is 18.7. The number of aromatic amines is 1. The van der Waals surface area contributed by atoms with Crippen molar-refractivity contribution in [2.45, 2.75) is 40.4 Å². The maximum absolute atomic E-state index is 12.4. The number of nitrogens with one attached hydrogen (secondary N) is 1. The van der Waals surface area contributed by atoms with Crippen LogP contribution in [0.2, 0.25) is 0 Å². The third-order valence-electron chi connectivity index (χ3n) is 4.32. The summed E-state index contributed by atoms with van der Waals surface area (Å²) >= 11 is 0. The minimum absolute atomic E-state index is 0.118. The van der Waals surface area contributed by atoms with Crippen molar-refractivity contribution in [2.75, 3.05) is 14.2 Å². The Morgan fingerprint density at radius 1 is 1.16 bits per heavy atom. The quantitative estimate of drug-likeness (QED) is 0.783. The molecule has 2 rings (SSSR count). The topological polar surface area (TPSA) is 80.8 Å². The standard InChI is InChI=1S/C19H25NO5/c1-10-7-15(23-5)16(24-6)8-14(10)9-25-19(22)18-11(2)17(13(4)21)12(3)20-18/h7-8,13,20-21H,9H2,1-6H3/t13-/m1/s1. The van der Waals surface area contributed by atoms with Crippen LogP contribution in [-0.2, 0) is 11.3 Å². The number of rotatable bonds is 6. The van der Waals surface area contributed by atoms with E-state index in [-0.39, 0.29) is 6.61 Å². The van der Waals surface area contributed by atoms with Crippen LogP contribution in [0.3, 0.4) is 0 Å². The molecule has 0 saturated carbocycles. The summed E-state index contributed by atoms with van der Waals surface area (Å²) in [6, 6.07) is 3.65. The lowest BCUT2D eigenvalue weighted by atomic mass is 10.1. The molecule has 1 atom stereocenters. The second-order valence-electron chi connectivity index (χ2n) is 6.05. The van der Waals surface area contributed by atoms with Crippen molar-refractivity contribution in [2.24, 2.45) is 0 Å². The number of carbonyl (C=O) groups excluding carboxylic acids is 1. The maximum atomic E-state index is 12.4. The van der Waals surface area contributed by atoms with Gasteiger partial charge in [-0.25, -0.2) is 4.79 Å². The SMILES string of the molecule is COc1cc(C)c(COC(=O)c2[nH]c(C)c([C@@H](C)O)c2C)cc1OC. The fourth-order valence-electron chi connectivity index (χ4n) is 2.99. The van der Waals surface area contributed by atoms with Crippen LogP contribution in [0.15, 0.2) is 12.1 Å². The summed E-state index contributed by atoms with van der Waals surface area (Å²) in [7, 11) is 3.14. The third kappa shape index (κ3) is 3.79. The normalized spacial score (nSPS) is 12.0. The maximum Gasteiger partial charge on any atom is 0.355 e. The highest BCUT2D eigenvalue weighted by Crippen LogP contribution is 2.31. The minimum atomic E-state index is -0.647. The fourth-order valence-corrected chi connectivity index (χ4v) is 2.99.